The van der Waals surface area contributed by atoms with Crippen LogP contribution in [0.4, 0.5) is 5.69 Å². The number of nitrogens with one attached hydrogen (secondary N) is 1. The molecule has 1 amide bonds. The standard InChI is InChI=1S/C18H16N2O5S/c1-26(23,24)15-8-5-13(6-9-15)19-18(22)16-10-7-14(25-16)12-20-11-3-2-4-17(20)21/h2-11H,12H2,1H3,(H,19,22). The number of benzene rings is 1. The molecule has 1 aromatic carbocycles. The summed E-state index contributed by atoms with van der Waals surface area (Å²) in [5.41, 5.74) is 0.278. The van der Waals surface area contributed by atoms with Gasteiger partial charge in [0, 0.05) is 24.2 Å². The van der Waals surface area contributed by atoms with Crippen LogP contribution < -0.4 is 10.9 Å². The van der Waals surface area contributed by atoms with Crippen LogP contribution >= 0.6 is 0 Å². The van der Waals surface area contributed by atoms with Crippen molar-refractivity contribution in [1.29, 1.82) is 0 Å². The lowest BCUT2D eigenvalue weighted by Crippen LogP contribution is -2.18. The topological polar surface area (TPSA) is 98.4 Å². The molecule has 2 heterocycles. The van der Waals surface area contributed by atoms with Crippen LogP contribution in [-0.2, 0) is 16.4 Å². The third-order valence-electron chi connectivity index (χ3n) is 3.65. The predicted molar refractivity (Wildman–Crippen MR) is 96.0 cm³/mol. The molecule has 0 fully saturated rings. The number of amides is 1. The van der Waals surface area contributed by atoms with Gasteiger partial charge in [0.2, 0.25) is 0 Å². The Hall–Kier alpha value is -3.13. The molecule has 0 atom stereocenters. The van der Waals surface area contributed by atoms with Crippen LogP contribution in [-0.4, -0.2) is 25.1 Å². The number of sulfone groups is 1. The minimum absolute atomic E-state index is 0.0937. The molecule has 8 heteroatoms. The van der Waals surface area contributed by atoms with Crippen LogP contribution in [0.3, 0.4) is 0 Å². The molecule has 0 spiro atoms. The highest BCUT2D eigenvalue weighted by molar-refractivity contribution is 7.90. The van der Waals surface area contributed by atoms with E-state index in [1.807, 2.05) is 0 Å². The zero-order chi connectivity index (χ0) is 18.7. The summed E-state index contributed by atoms with van der Waals surface area (Å²) >= 11 is 0. The molecule has 0 aliphatic heterocycles. The summed E-state index contributed by atoms with van der Waals surface area (Å²) in [7, 11) is -3.29. The summed E-state index contributed by atoms with van der Waals surface area (Å²) in [6.07, 6.45) is 2.75. The van der Waals surface area contributed by atoms with Gasteiger partial charge in [-0.25, -0.2) is 8.42 Å². The first kappa shape index (κ1) is 17.7. The van der Waals surface area contributed by atoms with Crippen LogP contribution in [0, 0.1) is 0 Å². The highest BCUT2D eigenvalue weighted by Gasteiger charge is 2.13. The molecule has 0 unspecified atom stereocenters. The molecule has 1 N–H and O–H groups in total. The Labute approximate surface area is 149 Å². The molecule has 0 bridgehead atoms. The maximum absolute atomic E-state index is 12.2. The highest BCUT2D eigenvalue weighted by Crippen LogP contribution is 2.16. The second-order valence-electron chi connectivity index (χ2n) is 5.68. The number of rotatable bonds is 5. The number of aromatic nitrogens is 1. The van der Waals surface area contributed by atoms with Gasteiger partial charge in [-0.2, -0.15) is 0 Å². The molecule has 0 radical (unpaired) electrons. The quantitative estimate of drug-likeness (QED) is 0.740. The number of hydrogen-bond acceptors (Lipinski definition) is 5. The third kappa shape index (κ3) is 4.09. The van der Waals surface area contributed by atoms with E-state index in [9.17, 15) is 18.0 Å². The fourth-order valence-electron chi connectivity index (χ4n) is 2.32. The van der Waals surface area contributed by atoms with Gasteiger partial charge in [0.05, 0.1) is 11.4 Å². The van der Waals surface area contributed by atoms with E-state index in [2.05, 4.69) is 5.32 Å². The van der Waals surface area contributed by atoms with Crippen molar-refractivity contribution in [3.8, 4) is 0 Å². The Morgan fingerprint density at radius 2 is 1.81 bits per heavy atom. The summed E-state index contributed by atoms with van der Waals surface area (Å²) in [6.45, 7) is 0.218. The third-order valence-corrected chi connectivity index (χ3v) is 4.78. The lowest BCUT2D eigenvalue weighted by Gasteiger charge is -2.05. The zero-order valence-electron chi connectivity index (χ0n) is 13.9. The monoisotopic (exact) mass is 372 g/mol. The second-order valence-corrected chi connectivity index (χ2v) is 7.70. The van der Waals surface area contributed by atoms with E-state index in [1.165, 1.54) is 41.0 Å². The molecule has 26 heavy (non-hydrogen) atoms. The van der Waals surface area contributed by atoms with Crippen LogP contribution in [0.25, 0.3) is 0 Å². The van der Waals surface area contributed by atoms with Crippen molar-refractivity contribution in [3.63, 3.8) is 0 Å². The van der Waals surface area contributed by atoms with Crippen LogP contribution in [0.2, 0.25) is 0 Å². The van der Waals surface area contributed by atoms with Gasteiger partial charge in [-0.3, -0.25) is 9.59 Å². The maximum Gasteiger partial charge on any atom is 0.291 e. The van der Waals surface area contributed by atoms with Gasteiger partial charge >= 0.3 is 0 Å². The predicted octanol–water partition coefficient (Wildman–Crippen LogP) is 2.15. The lowest BCUT2D eigenvalue weighted by atomic mass is 10.3. The van der Waals surface area contributed by atoms with Gasteiger partial charge in [-0.1, -0.05) is 6.07 Å². The summed E-state index contributed by atoms with van der Waals surface area (Å²) in [5.74, 6) is 0.0933. The number of carbonyl (C=O) groups excluding carboxylic acids is 1. The Morgan fingerprint density at radius 1 is 1.08 bits per heavy atom. The Bertz CT molecular complexity index is 1090. The van der Waals surface area contributed by atoms with Gasteiger partial charge in [0.25, 0.3) is 11.5 Å². The van der Waals surface area contributed by atoms with Gasteiger partial charge < -0.3 is 14.3 Å². The summed E-state index contributed by atoms with van der Waals surface area (Å²) in [5, 5.41) is 2.63. The zero-order valence-corrected chi connectivity index (χ0v) is 14.7. The first-order valence-electron chi connectivity index (χ1n) is 7.68. The van der Waals surface area contributed by atoms with Crippen molar-refractivity contribution in [2.45, 2.75) is 11.4 Å². The Balaban J connectivity index is 1.70. The molecular formula is C18H16N2O5S. The van der Waals surface area contributed by atoms with Crippen LogP contribution in [0.1, 0.15) is 16.3 Å². The molecule has 0 aliphatic rings. The molecule has 7 nitrogen and oxygen atoms in total. The molecule has 0 aliphatic carbocycles. The molecule has 3 aromatic rings. The van der Waals surface area contributed by atoms with E-state index >= 15 is 0 Å². The van der Waals surface area contributed by atoms with Crippen molar-refractivity contribution in [2.24, 2.45) is 0 Å². The lowest BCUT2D eigenvalue weighted by molar-refractivity contribution is 0.0994. The van der Waals surface area contributed by atoms with Gasteiger partial charge in [0.1, 0.15) is 5.76 Å². The van der Waals surface area contributed by atoms with Crippen molar-refractivity contribution in [2.75, 3.05) is 11.6 Å². The number of carbonyl (C=O) groups is 1. The smallest absolute Gasteiger partial charge is 0.291 e. The fraction of sp³-hybridized carbons (Fsp3) is 0.111. The van der Waals surface area contributed by atoms with Gasteiger partial charge in [0.15, 0.2) is 15.6 Å². The molecule has 0 saturated heterocycles. The van der Waals surface area contributed by atoms with E-state index in [0.717, 1.165) is 6.26 Å². The maximum atomic E-state index is 12.2. The summed E-state index contributed by atoms with van der Waals surface area (Å²) in [4.78, 5) is 24.1. The molecule has 134 valence electrons. The fourth-order valence-corrected chi connectivity index (χ4v) is 2.95. The summed E-state index contributed by atoms with van der Waals surface area (Å²) in [6, 6.07) is 13.8. The van der Waals surface area contributed by atoms with E-state index in [-0.39, 0.29) is 22.8 Å². The van der Waals surface area contributed by atoms with Crippen molar-refractivity contribution in [1.82, 2.24) is 4.57 Å². The number of pyridine rings is 1. The first-order chi connectivity index (χ1) is 12.3. The van der Waals surface area contributed by atoms with Crippen LogP contribution in [0.5, 0.6) is 0 Å². The number of nitrogens with zero attached hydrogens (tertiary/aromatic N) is 1. The van der Waals surface area contributed by atoms with Crippen molar-refractivity contribution >= 4 is 21.4 Å². The minimum Gasteiger partial charge on any atom is -0.454 e. The van der Waals surface area contributed by atoms with E-state index in [4.69, 9.17) is 4.42 Å². The number of hydrogen-bond donors (Lipinski definition) is 1. The average molecular weight is 372 g/mol. The summed E-state index contributed by atoms with van der Waals surface area (Å²) < 4.78 is 29.8. The van der Waals surface area contributed by atoms with Crippen molar-refractivity contribution < 1.29 is 17.6 Å². The largest absolute Gasteiger partial charge is 0.454 e. The minimum atomic E-state index is -3.29. The average Bonchev–Trinajstić information content (AvgIpc) is 3.05. The SMILES string of the molecule is CS(=O)(=O)c1ccc(NC(=O)c2ccc(Cn3ccccc3=O)o2)cc1. The molecular weight excluding hydrogens is 356 g/mol. The normalized spacial score (nSPS) is 11.3. The number of furan rings is 1. The van der Waals surface area contributed by atoms with E-state index in [1.54, 1.807) is 24.4 Å². The van der Waals surface area contributed by atoms with E-state index < -0.39 is 15.7 Å². The molecule has 2 aromatic heterocycles. The van der Waals surface area contributed by atoms with Gasteiger partial charge in [-0.15, -0.1) is 0 Å². The van der Waals surface area contributed by atoms with E-state index in [0.29, 0.717) is 11.4 Å². The molecule has 0 saturated carbocycles. The van der Waals surface area contributed by atoms with Crippen molar-refractivity contribution in [3.05, 3.63) is 82.7 Å². The van der Waals surface area contributed by atoms with Gasteiger partial charge in [-0.05, 0) is 42.5 Å². The Morgan fingerprint density at radius 3 is 2.46 bits per heavy atom. The second kappa shape index (κ2) is 7.01. The first-order valence-corrected chi connectivity index (χ1v) is 9.58. The highest BCUT2D eigenvalue weighted by atomic mass is 32.2. The number of anilines is 1. The Kier molecular flexibility index (Phi) is 4.77. The molecule has 3 rings (SSSR count). The van der Waals surface area contributed by atoms with Crippen LogP contribution in [0.15, 0.2) is 74.9 Å².